The summed E-state index contributed by atoms with van der Waals surface area (Å²) in [5.41, 5.74) is 1.66. The molecule has 7 nitrogen and oxygen atoms in total. The molecule has 0 spiro atoms. The molecule has 1 heterocycles. The lowest BCUT2D eigenvalue weighted by Gasteiger charge is -2.25. The fourth-order valence-corrected chi connectivity index (χ4v) is 4.40. The predicted molar refractivity (Wildman–Crippen MR) is 122 cm³/mol. The lowest BCUT2D eigenvalue weighted by atomic mass is 10.1. The fourth-order valence-electron chi connectivity index (χ4n) is 3.32. The molecule has 1 amide bonds. The summed E-state index contributed by atoms with van der Waals surface area (Å²) in [6, 6.07) is 12.7. The summed E-state index contributed by atoms with van der Waals surface area (Å²) in [5, 5.41) is 3.59. The van der Waals surface area contributed by atoms with Crippen molar-refractivity contribution in [1.82, 2.24) is 5.32 Å². The predicted octanol–water partition coefficient (Wildman–Crippen LogP) is 3.41. The molecule has 1 aliphatic rings. The summed E-state index contributed by atoms with van der Waals surface area (Å²) in [4.78, 5) is 12.1. The van der Waals surface area contributed by atoms with Crippen molar-refractivity contribution in [3.63, 3.8) is 0 Å². The maximum Gasteiger partial charge on any atom is 0.232 e. The van der Waals surface area contributed by atoms with Gasteiger partial charge in [0.15, 0.2) is 11.5 Å². The van der Waals surface area contributed by atoms with Gasteiger partial charge in [0, 0.05) is 30.6 Å². The summed E-state index contributed by atoms with van der Waals surface area (Å²) >= 11 is 5.87. The van der Waals surface area contributed by atoms with Gasteiger partial charge >= 0.3 is 0 Å². The Balaban J connectivity index is 1.45. The zero-order valence-corrected chi connectivity index (χ0v) is 19.0. The van der Waals surface area contributed by atoms with Gasteiger partial charge in [-0.2, -0.15) is 0 Å². The second kappa shape index (κ2) is 10.7. The summed E-state index contributed by atoms with van der Waals surface area (Å²) in [6.45, 7) is 1.67. The Morgan fingerprint density at radius 1 is 1.06 bits per heavy atom. The summed E-state index contributed by atoms with van der Waals surface area (Å²) in [7, 11) is -3.50. The molecule has 1 N–H and O–H groups in total. The van der Waals surface area contributed by atoms with Gasteiger partial charge in [-0.3, -0.25) is 9.10 Å². The molecule has 2 aromatic carbocycles. The van der Waals surface area contributed by atoms with E-state index in [4.69, 9.17) is 21.1 Å². The molecule has 3 rings (SSSR count). The molecular formula is C22H27ClN2O5S. The highest BCUT2D eigenvalue weighted by Gasteiger charge is 2.21. The number of ether oxygens (including phenoxy) is 2. The second-order valence-electron chi connectivity index (χ2n) is 7.35. The largest absolute Gasteiger partial charge is 0.486 e. The van der Waals surface area contributed by atoms with Gasteiger partial charge in [0.1, 0.15) is 13.2 Å². The number of hydrogen-bond acceptors (Lipinski definition) is 5. The minimum absolute atomic E-state index is 0.0910. The topological polar surface area (TPSA) is 84.9 Å². The molecule has 0 aliphatic carbocycles. The number of rotatable bonds is 10. The summed E-state index contributed by atoms with van der Waals surface area (Å²) < 4.78 is 36.9. The van der Waals surface area contributed by atoms with Crippen molar-refractivity contribution >= 4 is 33.2 Å². The molecule has 0 fully saturated rings. The lowest BCUT2D eigenvalue weighted by molar-refractivity contribution is -0.121. The van der Waals surface area contributed by atoms with Gasteiger partial charge in [0.05, 0.1) is 11.9 Å². The molecule has 0 saturated carbocycles. The number of benzene rings is 2. The van der Waals surface area contributed by atoms with Gasteiger partial charge in [-0.25, -0.2) is 8.42 Å². The Morgan fingerprint density at radius 2 is 1.77 bits per heavy atom. The van der Waals surface area contributed by atoms with Gasteiger partial charge in [-0.15, -0.1) is 0 Å². The normalized spacial score (nSPS) is 13.0. The molecule has 9 heteroatoms. The highest BCUT2D eigenvalue weighted by molar-refractivity contribution is 7.92. The average Bonchev–Trinajstić information content (AvgIpc) is 2.74. The molecule has 31 heavy (non-hydrogen) atoms. The highest BCUT2D eigenvalue weighted by atomic mass is 35.5. The molecule has 2 aromatic rings. The van der Waals surface area contributed by atoms with Crippen molar-refractivity contribution in [2.45, 2.75) is 25.7 Å². The van der Waals surface area contributed by atoms with Crippen molar-refractivity contribution in [1.29, 1.82) is 0 Å². The van der Waals surface area contributed by atoms with Crippen molar-refractivity contribution in [3.05, 3.63) is 53.1 Å². The van der Waals surface area contributed by atoms with Crippen LogP contribution < -0.4 is 19.1 Å². The highest BCUT2D eigenvalue weighted by Crippen LogP contribution is 2.34. The second-order valence-corrected chi connectivity index (χ2v) is 9.69. The third-order valence-electron chi connectivity index (χ3n) is 4.86. The van der Waals surface area contributed by atoms with E-state index in [1.165, 1.54) is 9.87 Å². The maximum atomic E-state index is 12.3. The first-order valence-corrected chi connectivity index (χ1v) is 12.4. The van der Waals surface area contributed by atoms with E-state index in [1.54, 1.807) is 18.2 Å². The van der Waals surface area contributed by atoms with E-state index in [1.807, 2.05) is 24.3 Å². The van der Waals surface area contributed by atoms with Crippen molar-refractivity contribution in [2.75, 3.05) is 36.9 Å². The van der Waals surface area contributed by atoms with Crippen LogP contribution in [0.25, 0.3) is 0 Å². The van der Waals surface area contributed by atoms with E-state index < -0.39 is 10.0 Å². The van der Waals surface area contributed by atoms with Crippen LogP contribution in [-0.4, -0.2) is 46.9 Å². The number of carbonyl (C=O) groups excluding carboxylic acids is 1. The minimum Gasteiger partial charge on any atom is -0.486 e. The van der Waals surface area contributed by atoms with Gasteiger partial charge in [0.25, 0.3) is 0 Å². The minimum atomic E-state index is -3.50. The SMILES string of the molecule is CS(=O)(=O)N(CCCC(=O)NCCCc1ccc(Cl)cc1)c1ccc2c(c1)OCCO2. The number of halogens is 1. The number of nitrogens with zero attached hydrogens (tertiary/aromatic N) is 1. The van der Waals surface area contributed by atoms with Crippen LogP contribution >= 0.6 is 11.6 Å². The fraction of sp³-hybridized carbons (Fsp3) is 0.409. The number of hydrogen-bond donors (Lipinski definition) is 1. The molecule has 1 aliphatic heterocycles. The Kier molecular flexibility index (Phi) is 8.03. The van der Waals surface area contributed by atoms with E-state index in [0.29, 0.717) is 48.4 Å². The Morgan fingerprint density at radius 3 is 2.48 bits per heavy atom. The number of fused-ring (bicyclic) bond motifs is 1. The molecule has 168 valence electrons. The van der Waals surface area contributed by atoms with Crippen molar-refractivity contribution < 1.29 is 22.7 Å². The van der Waals surface area contributed by atoms with E-state index in [0.717, 1.165) is 19.1 Å². The average molecular weight is 467 g/mol. The van der Waals surface area contributed by atoms with Crippen LogP contribution in [0.4, 0.5) is 5.69 Å². The number of carbonyl (C=O) groups is 1. The monoisotopic (exact) mass is 466 g/mol. The lowest BCUT2D eigenvalue weighted by Crippen LogP contribution is -2.32. The van der Waals surface area contributed by atoms with Crippen molar-refractivity contribution in [3.8, 4) is 11.5 Å². The number of aryl methyl sites for hydroxylation is 1. The van der Waals surface area contributed by atoms with Gasteiger partial charge in [0.2, 0.25) is 15.9 Å². The van der Waals surface area contributed by atoms with Gasteiger partial charge in [-0.1, -0.05) is 23.7 Å². The van der Waals surface area contributed by atoms with Crippen LogP contribution in [-0.2, 0) is 21.2 Å². The van der Waals surface area contributed by atoms with Crippen LogP contribution in [0.3, 0.4) is 0 Å². The zero-order valence-electron chi connectivity index (χ0n) is 17.5. The summed E-state index contributed by atoms with van der Waals surface area (Å²) in [6.07, 6.45) is 3.48. The molecule has 0 aromatic heterocycles. The first-order chi connectivity index (χ1) is 14.8. The van der Waals surface area contributed by atoms with Crippen LogP contribution in [0.2, 0.25) is 5.02 Å². The number of nitrogens with one attached hydrogen (secondary N) is 1. The Hall–Kier alpha value is -2.45. The molecule has 0 saturated heterocycles. The standard InChI is InChI=1S/C22H27ClN2O5S/c1-31(27,28)25(19-10-11-20-21(16-19)30-15-14-29-20)13-3-5-22(26)24-12-2-4-17-6-8-18(23)9-7-17/h6-11,16H,2-5,12-15H2,1H3,(H,24,26). The van der Waals surface area contributed by atoms with E-state index in [-0.39, 0.29) is 18.9 Å². The molecule has 0 unspecified atom stereocenters. The van der Waals surface area contributed by atoms with E-state index in [2.05, 4.69) is 5.32 Å². The quantitative estimate of drug-likeness (QED) is 0.542. The third kappa shape index (κ3) is 7.04. The Bertz CT molecular complexity index is 995. The molecular weight excluding hydrogens is 440 g/mol. The molecule has 0 atom stereocenters. The van der Waals surface area contributed by atoms with Crippen LogP contribution in [0.5, 0.6) is 11.5 Å². The van der Waals surface area contributed by atoms with Gasteiger partial charge in [-0.05, 0) is 49.1 Å². The Labute approximate surface area is 188 Å². The zero-order chi connectivity index (χ0) is 22.3. The van der Waals surface area contributed by atoms with E-state index in [9.17, 15) is 13.2 Å². The molecule has 0 bridgehead atoms. The molecule has 0 radical (unpaired) electrons. The summed E-state index contributed by atoms with van der Waals surface area (Å²) in [5.74, 6) is 1.03. The number of anilines is 1. The van der Waals surface area contributed by atoms with Gasteiger partial charge < -0.3 is 14.8 Å². The van der Waals surface area contributed by atoms with Crippen LogP contribution in [0.1, 0.15) is 24.8 Å². The van der Waals surface area contributed by atoms with E-state index >= 15 is 0 Å². The third-order valence-corrected chi connectivity index (χ3v) is 6.30. The maximum absolute atomic E-state index is 12.3. The van der Waals surface area contributed by atoms with Crippen molar-refractivity contribution in [2.24, 2.45) is 0 Å². The first-order valence-electron chi connectivity index (χ1n) is 10.2. The van der Waals surface area contributed by atoms with Crippen LogP contribution in [0.15, 0.2) is 42.5 Å². The first kappa shape index (κ1) is 23.2. The number of amides is 1. The number of sulfonamides is 1. The van der Waals surface area contributed by atoms with Crippen LogP contribution in [0, 0.1) is 0 Å². The smallest absolute Gasteiger partial charge is 0.232 e.